The number of morpholine rings is 1. The molecule has 0 bridgehead atoms. The Bertz CT molecular complexity index is 624. The highest BCUT2D eigenvalue weighted by molar-refractivity contribution is 7.87. The van der Waals surface area contributed by atoms with E-state index in [1.165, 1.54) is 28.3 Å². The van der Waals surface area contributed by atoms with Crippen LogP contribution in [0.15, 0.2) is 18.2 Å². The summed E-state index contributed by atoms with van der Waals surface area (Å²) in [5.41, 5.74) is 3.83. The van der Waals surface area contributed by atoms with Crippen LogP contribution in [0.2, 0.25) is 0 Å². The van der Waals surface area contributed by atoms with E-state index in [1.807, 2.05) is 6.92 Å². The fourth-order valence-corrected chi connectivity index (χ4v) is 4.54. The average molecular weight is 324 g/mol. The average Bonchev–Trinajstić information content (AvgIpc) is 2.55. The fourth-order valence-electron chi connectivity index (χ4n) is 3.18. The molecular formula is C16H24N2O3S. The lowest BCUT2D eigenvalue weighted by molar-refractivity contribution is 0.0723. The van der Waals surface area contributed by atoms with Crippen molar-refractivity contribution >= 4 is 10.2 Å². The number of hydrogen-bond acceptors (Lipinski definition) is 3. The summed E-state index contributed by atoms with van der Waals surface area (Å²) in [4.78, 5) is 0. The van der Waals surface area contributed by atoms with Gasteiger partial charge in [-0.05, 0) is 49.3 Å². The van der Waals surface area contributed by atoms with Gasteiger partial charge in [-0.3, -0.25) is 0 Å². The van der Waals surface area contributed by atoms with E-state index in [2.05, 4.69) is 22.9 Å². The lowest BCUT2D eigenvalue weighted by atomic mass is 9.89. The monoisotopic (exact) mass is 324 g/mol. The van der Waals surface area contributed by atoms with Crippen LogP contribution in [0, 0.1) is 0 Å². The van der Waals surface area contributed by atoms with E-state index >= 15 is 0 Å². The van der Waals surface area contributed by atoms with Crippen molar-refractivity contribution in [2.45, 2.75) is 38.6 Å². The Morgan fingerprint density at radius 1 is 1.14 bits per heavy atom. The Morgan fingerprint density at radius 3 is 2.55 bits per heavy atom. The molecule has 22 heavy (non-hydrogen) atoms. The maximum absolute atomic E-state index is 12.4. The van der Waals surface area contributed by atoms with Gasteiger partial charge in [-0.15, -0.1) is 0 Å². The van der Waals surface area contributed by atoms with E-state index in [1.54, 1.807) is 0 Å². The van der Waals surface area contributed by atoms with Crippen LogP contribution in [-0.2, 0) is 27.8 Å². The van der Waals surface area contributed by atoms with Crippen LogP contribution in [0.5, 0.6) is 0 Å². The zero-order valence-electron chi connectivity index (χ0n) is 13.0. The molecule has 0 amide bonds. The van der Waals surface area contributed by atoms with Gasteiger partial charge in [-0.2, -0.15) is 17.4 Å². The molecule has 0 spiro atoms. The summed E-state index contributed by atoms with van der Waals surface area (Å²) in [5.74, 6) is 0. The third-order valence-electron chi connectivity index (χ3n) is 4.51. The summed E-state index contributed by atoms with van der Waals surface area (Å²) in [6, 6.07) is 6.15. The highest BCUT2D eigenvalue weighted by Crippen LogP contribution is 2.25. The molecule has 6 heteroatoms. The van der Waals surface area contributed by atoms with Gasteiger partial charge in [0.15, 0.2) is 0 Å². The minimum Gasteiger partial charge on any atom is -0.379 e. The topological polar surface area (TPSA) is 58.6 Å². The van der Waals surface area contributed by atoms with Crippen molar-refractivity contribution in [3.05, 3.63) is 34.9 Å². The molecular weight excluding hydrogens is 300 g/mol. The van der Waals surface area contributed by atoms with E-state index in [0.717, 1.165) is 18.4 Å². The lowest BCUT2D eigenvalue weighted by Crippen LogP contribution is -2.47. The summed E-state index contributed by atoms with van der Waals surface area (Å²) in [6.07, 6.45) is 4.73. The molecule has 0 radical (unpaired) electrons. The zero-order valence-corrected chi connectivity index (χ0v) is 13.9. The largest absolute Gasteiger partial charge is 0.379 e. The predicted molar refractivity (Wildman–Crippen MR) is 85.9 cm³/mol. The van der Waals surface area contributed by atoms with Gasteiger partial charge >= 0.3 is 0 Å². The SMILES string of the molecule is CC(NS(=O)(=O)N1CCOCC1)c1ccc2c(c1)CCCC2. The number of rotatable bonds is 4. The van der Waals surface area contributed by atoms with Gasteiger partial charge in [-0.25, -0.2) is 0 Å². The second-order valence-corrected chi connectivity index (χ2v) is 7.79. The van der Waals surface area contributed by atoms with Gasteiger partial charge in [0.05, 0.1) is 13.2 Å². The van der Waals surface area contributed by atoms with Crippen LogP contribution in [0.25, 0.3) is 0 Å². The standard InChI is InChI=1S/C16H24N2O3S/c1-13(17-22(19,20)18-8-10-21-11-9-18)15-7-6-14-4-2-3-5-16(14)12-15/h6-7,12-13,17H,2-5,8-11H2,1H3. The van der Waals surface area contributed by atoms with Crippen LogP contribution in [-0.4, -0.2) is 39.0 Å². The van der Waals surface area contributed by atoms with Gasteiger partial charge in [0.2, 0.25) is 0 Å². The van der Waals surface area contributed by atoms with Crippen LogP contribution >= 0.6 is 0 Å². The van der Waals surface area contributed by atoms with Gasteiger partial charge in [-0.1, -0.05) is 18.2 Å². The molecule has 1 aliphatic carbocycles. The molecule has 5 nitrogen and oxygen atoms in total. The zero-order chi connectivity index (χ0) is 15.6. The van der Waals surface area contributed by atoms with Gasteiger partial charge in [0.1, 0.15) is 0 Å². The maximum Gasteiger partial charge on any atom is 0.280 e. The van der Waals surface area contributed by atoms with Crippen molar-refractivity contribution < 1.29 is 13.2 Å². The summed E-state index contributed by atoms with van der Waals surface area (Å²) in [6.45, 7) is 3.68. The molecule has 1 fully saturated rings. The third kappa shape index (κ3) is 3.51. The highest BCUT2D eigenvalue weighted by Gasteiger charge is 2.26. The Kier molecular flexibility index (Phi) is 4.82. The van der Waals surface area contributed by atoms with Crippen molar-refractivity contribution in [1.82, 2.24) is 9.03 Å². The number of fused-ring (bicyclic) bond motifs is 1. The van der Waals surface area contributed by atoms with E-state index < -0.39 is 10.2 Å². The molecule has 1 aliphatic heterocycles. The van der Waals surface area contributed by atoms with Crippen molar-refractivity contribution in [3.63, 3.8) is 0 Å². The second-order valence-electron chi connectivity index (χ2n) is 6.09. The summed E-state index contributed by atoms with van der Waals surface area (Å²) < 4.78 is 34.3. The van der Waals surface area contributed by atoms with E-state index in [9.17, 15) is 8.42 Å². The first-order valence-corrected chi connectivity index (χ1v) is 9.47. The van der Waals surface area contributed by atoms with Crippen LogP contribution < -0.4 is 4.72 Å². The first-order valence-electron chi connectivity index (χ1n) is 8.03. The third-order valence-corrected chi connectivity index (χ3v) is 6.20. The Hall–Kier alpha value is -0.950. The number of hydrogen-bond donors (Lipinski definition) is 1. The van der Waals surface area contributed by atoms with Crippen molar-refractivity contribution in [1.29, 1.82) is 0 Å². The number of benzene rings is 1. The van der Waals surface area contributed by atoms with Crippen LogP contribution in [0.1, 0.15) is 42.5 Å². The molecule has 1 unspecified atom stereocenters. The number of aryl methyl sites for hydroxylation is 2. The molecule has 2 aliphatic rings. The minimum atomic E-state index is -3.45. The molecule has 1 saturated heterocycles. The number of ether oxygens (including phenoxy) is 1. The van der Waals surface area contributed by atoms with Crippen molar-refractivity contribution in [2.75, 3.05) is 26.3 Å². The number of nitrogens with zero attached hydrogens (tertiary/aromatic N) is 1. The quantitative estimate of drug-likeness (QED) is 0.919. The summed E-state index contributed by atoms with van der Waals surface area (Å²) in [7, 11) is -3.45. The van der Waals surface area contributed by atoms with Crippen LogP contribution in [0.4, 0.5) is 0 Å². The van der Waals surface area contributed by atoms with Gasteiger partial charge < -0.3 is 4.74 Å². The van der Waals surface area contributed by atoms with Crippen LogP contribution in [0.3, 0.4) is 0 Å². The molecule has 0 saturated carbocycles. The lowest BCUT2D eigenvalue weighted by Gasteiger charge is -2.28. The Morgan fingerprint density at radius 2 is 1.82 bits per heavy atom. The van der Waals surface area contributed by atoms with E-state index in [-0.39, 0.29) is 6.04 Å². The molecule has 1 N–H and O–H groups in total. The fraction of sp³-hybridized carbons (Fsp3) is 0.625. The molecule has 3 rings (SSSR count). The van der Waals surface area contributed by atoms with Crippen molar-refractivity contribution in [2.24, 2.45) is 0 Å². The normalized spacial score (nSPS) is 21.3. The second kappa shape index (κ2) is 6.66. The maximum atomic E-state index is 12.4. The minimum absolute atomic E-state index is 0.222. The number of nitrogens with one attached hydrogen (secondary N) is 1. The first-order chi connectivity index (χ1) is 10.6. The molecule has 1 aromatic carbocycles. The first kappa shape index (κ1) is 15.9. The van der Waals surface area contributed by atoms with E-state index in [0.29, 0.717) is 26.3 Å². The molecule has 1 atom stereocenters. The molecule has 122 valence electrons. The summed E-state index contributed by atoms with van der Waals surface area (Å²) >= 11 is 0. The Balaban J connectivity index is 1.72. The summed E-state index contributed by atoms with van der Waals surface area (Å²) in [5, 5.41) is 0. The predicted octanol–water partition coefficient (Wildman–Crippen LogP) is 1.79. The highest BCUT2D eigenvalue weighted by atomic mass is 32.2. The Labute approximate surface area is 132 Å². The molecule has 1 aromatic rings. The van der Waals surface area contributed by atoms with Gasteiger partial charge in [0.25, 0.3) is 10.2 Å². The molecule has 0 aromatic heterocycles. The smallest absolute Gasteiger partial charge is 0.280 e. The van der Waals surface area contributed by atoms with Crippen molar-refractivity contribution in [3.8, 4) is 0 Å². The van der Waals surface area contributed by atoms with Gasteiger partial charge in [0, 0.05) is 19.1 Å². The van der Waals surface area contributed by atoms with E-state index in [4.69, 9.17) is 4.74 Å². The molecule has 1 heterocycles.